The topological polar surface area (TPSA) is 238 Å². The Bertz CT molecular complexity index is 1300. The Kier molecular flexibility index (Phi) is 9.16. The standard InChI is InChI=1S/C24H30N8O6/c1-12(21(34)32-19(24(37)38)7-14-10-27-11-29-14)30-23(36)18(8-20(26)33)31-22(35)16(25)6-13-9-28-17-5-3-2-4-15(13)17/h2-5,9-12,16,18-19,28H,6-8,25H2,1H3,(H2,26,33)(H,27,29)(H,30,36)(H,31,35)(H,32,34)(H,37,38). The highest BCUT2D eigenvalue weighted by Gasteiger charge is 2.29. The third-order valence-electron chi connectivity index (χ3n) is 5.84. The fourth-order valence-electron chi connectivity index (χ4n) is 3.81. The maximum Gasteiger partial charge on any atom is 0.326 e. The summed E-state index contributed by atoms with van der Waals surface area (Å²) in [6.45, 7) is 1.33. The Labute approximate surface area is 216 Å². The maximum absolute atomic E-state index is 12.8. The minimum atomic E-state index is -1.40. The lowest BCUT2D eigenvalue weighted by molar-refractivity contribution is -0.142. The average Bonchev–Trinajstić information content (AvgIpc) is 3.52. The Morgan fingerprint density at radius 1 is 0.974 bits per heavy atom. The van der Waals surface area contributed by atoms with Crippen molar-refractivity contribution in [1.82, 2.24) is 30.9 Å². The van der Waals surface area contributed by atoms with Crippen molar-refractivity contribution in [1.29, 1.82) is 0 Å². The van der Waals surface area contributed by atoms with Crippen molar-refractivity contribution in [2.24, 2.45) is 11.5 Å². The number of aliphatic carboxylic acids is 1. The highest BCUT2D eigenvalue weighted by atomic mass is 16.4. The number of nitrogens with one attached hydrogen (secondary N) is 5. The number of carboxylic acid groups (broad SMARTS) is 1. The molecule has 202 valence electrons. The lowest BCUT2D eigenvalue weighted by Crippen LogP contribution is -2.57. The van der Waals surface area contributed by atoms with Gasteiger partial charge in [-0.1, -0.05) is 18.2 Å². The monoisotopic (exact) mass is 526 g/mol. The van der Waals surface area contributed by atoms with E-state index in [0.717, 1.165) is 16.5 Å². The Hall–Kier alpha value is -4.72. The lowest BCUT2D eigenvalue weighted by atomic mass is 10.0. The Morgan fingerprint density at radius 3 is 2.34 bits per heavy atom. The molecule has 2 aromatic heterocycles. The highest BCUT2D eigenvalue weighted by Crippen LogP contribution is 2.18. The van der Waals surface area contributed by atoms with Crippen LogP contribution in [0.4, 0.5) is 0 Å². The number of para-hydroxylation sites is 1. The minimum Gasteiger partial charge on any atom is -0.480 e. The predicted octanol–water partition coefficient (Wildman–Crippen LogP) is -1.56. The number of hydrogen-bond donors (Lipinski definition) is 8. The summed E-state index contributed by atoms with van der Waals surface area (Å²) in [6, 6.07) is 2.55. The van der Waals surface area contributed by atoms with Crippen LogP contribution in [-0.4, -0.2) is 73.8 Å². The molecular formula is C24H30N8O6. The van der Waals surface area contributed by atoms with Crippen LogP contribution in [0.2, 0.25) is 0 Å². The smallest absolute Gasteiger partial charge is 0.326 e. The molecule has 4 unspecified atom stereocenters. The van der Waals surface area contributed by atoms with Gasteiger partial charge in [0.05, 0.1) is 18.8 Å². The average molecular weight is 527 g/mol. The molecule has 0 fully saturated rings. The summed E-state index contributed by atoms with van der Waals surface area (Å²) in [5.74, 6) is -4.49. The fraction of sp³-hybridized carbons (Fsp3) is 0.333. The van der Waals surface area contributed by atoms with E-state index in [0.29, 0.717) is 5.69 Å². The zero-order valence-corrected chi connectivity index (χ0v) is 20.6. The second-order valence-corrected chi connectivity index (χ2v) is 8.81. The summed E-state index contributed by atoms with van der Waals surface area (Å²) in [7, 11) is 0. The number of fused-ring (bicyclic) bond motifs is 1. The van der Waals surface area contributed by atoms with Crippen LogP contribution in [0.5, 0.6) is 0 Å². The molecule has 0 aliphatic carbocycles. The van der Waals surface area contributed by atoms with Gasteiger partial charge in [0.15, 0.2) is 0 Å². The number of amides is 4. The number of benzene rings is 1. The molecule has 1 aromatic carbocycles. The number of hydrogen-bond acceptors (Lipinski definition) is 7. The number of aromatic amines is 2. The van der Waals surface area contributed by atoms with Gasteiger partial charge in [-0.3, -0.25) is 19.2 Å². The van der Waals surface area contributed by atoms with E-state index >= 15 is 0 Å². The number of nitrogens with two attached hydrogens (primary N) is 2. The number of carbonyl (C=O) groups is 5. The first-order chi connectivity index (χ1) is 18.0. The van der Waals surface area contributed by atoms with Gasteiger partial charge in [0.25, 0.3) is 0 Å². The van der Waals surface area contributed by atoms with E-state index in [2.05, 4.69) is 30.9 Å². The number of aromatic nitrogens is 3. The molecule has 0 saturated carbocycles. The first-order valence-corrected chi connectivity index (χ1v) is 11.7. The van der Waals surface area contributed by atoms with Crippen molar-refractivity contribution >= 4 is 40.5 Å². The molecule has 0 saturated heterocycles. The second kappa shape index (κ2) is 12.5. The lowest BCUT2D eigenvalue weighted by Gasteiger charge is -2.23. The first kappa shape index (κ1) is 27.9. The van der Waals surface area contributed by atoms with Gasteiger partial charge in [-0.15, -0.1) is 0 Å². The molecule has 38 heavy (non-hydrogen) atoms. The van der Waals surface area contributed by atoms with Gasteiger partial charge in [-0.05, 0) is 25.0 Å². The molecule has 3 rings (SSSR count). The fourth-order valence-corrected chi connectivity index (χ4v) is 3.81. The van der Waals surface area contributed by atoms with Crippen molar-refractivity contribution in [3.63, 3.8) is 0 Å². The van der Waals surface area contributed by atoms with Gasteiger partial charge in [0, 0.05) is 35.4 Å². The van der Waals surface area contributed by atoms with Gasteiger partial charge in [0.2, 0.25) is 23.6 Å². The minimum absolute atomic E-state index is 0.0591. The molecule has 0 aliphatic rings. The van der Waals surface area contributed by atoms with Crippen molar-refractivity contribution in [3.8, 4) is 0 Å². The van der Waals surface area contributed by atoms with E-state index in [-0.39, 0.29) is 12.8 Å². The molecule has 0 aliphatic heterocycles. The van der Waals surface area contributed by atoms with E-state index in [9.17, 15) is 29.1 Å². The number of primary amides is 1. The van der Waals surface area contributed by atoms with Crippen LogP contribution in [0.25, 0.3) is 10.9 Å². The number of nitrogens with zero attached hydrogens (tertiary/aromatic N) is 1. The molecule has 0 bridgehead atoms. The molecule has 14 nitrogen and oxygen atoms in total. The summed E-state index contributed by atoms with van der Waals surface area (Å²) in [5, 5.41) is 17.4. The highest BCUT2D eigenvalue weighted by molar-refractivity contribution is 5.96. The van der Waals surface area contributed by atoms with E-state index in [1.165, 1.54) is 19.4 Å². The number of H-pyrrole nitrogens is 2. The van der Waals surface area contributed by atoms with Crippen molar-refractivity contribution < 1.29 is 29.1 Å². The predicted molar refractivity (Wildman–Crippen MR) is 135 cm³/mol. The second-order valence-electron chi connectivity index (χ2n) is 8.81. The van der Waals surface area contributed by atoms with E-state index in [1.807, 2.05) is 24.3 Å². The molecule has 3 aromatic rings. The summed E-state index contributed by atoms with van der Waals surface area (Å²) in [4.78, 5) is 70.9. The van der Waals surface area contributed by atoms with Gasteiger partial charge in [-0.2, -0.15) is 0 Å². The molecule has 0 radical (unpaired) electrons. The third-order valence-corrected chi connectivity index (χ3v) is 5.84. The summed E-state index contributed by atoms with van der Waals surface area (Å²) < 4.78 is 0. The molecule has 4 amide bonds. The van der Waals surface area contributed by atoms with Gasteiger partial charge < -0.3 is 42.5 Å². The van der Waals surface area contributed by atoms with Crippen LogP contribution in [-0.2, 0) is 36.8 Å². The number of imidazole rings is 1. The van der Waals surface area contributed by atoms with Crippen molar-refractivity contribution in [2.75, 3.05) is 0 Å². The van der Waals surface area contributed by atoms with Crippen molar-refractivity contribution in [3.05, 3.63) is 54.2 Å². The van der Waals surface area contributed by atoms with Gasteiger partial charge >= 0.3 is 5.97 Å². The normalized spacial score (nSPS) is 14.2. The van der Waals surface area contributed by atoms with Crippen LogP contribution in [0, 0.1) is 0 Å². The Balaban J connectivity index is 1.60. The molecule has 4 atom stereocenters. The van der Waals surface area contributed by atoms with Crippen LogP contribution >= 0.6 is 0 Å². The molecular weight excluding hydrogens is 496 g/mol. The molecule has 0 spiro atoms. The van der Waals surface area contributed by atoms with Crippen LogP contribution in [0.3, 0.4) is 0 Å². The van der Waals surface area contributed by atoms with Crippen LogP contribution in [0.1, 0.15) is 24.6 Å². The van der Waals surface area contributed by atoms with Gasteiger partial charge in [0.1, 0.15) is 18.1 Å². The first-order valence-electron chi connectivity index (χ1n) is 11.7. The molecule has 10 N–H and O–H groups in total. The van der Waals surface area contributed by atoms with Crippen LogP contribution < -0.4 is 27.4 Å². The number of carbonyl (C=O) groups excluding carboxylic acids is 4. The number of rotatable bonds is 13. The van der Waals surface area contributed by atoms with Crippen LogP contribution in [0.15, 0.2) is 43.0 Å². The van der Waals surface area contributed by atoms with E-state index < -0.39 is 60.2 Å². The zero-order valence-electron chi connectivity index (χ0n) is 20.6. The summed E-state index contributed by atoms with van der Waals surface area (Å²) in [6.07, 6.45) is 4.10. The molecule has 2 heterocycles. The van der Waals surface area contributed by atoms with Gasteiger partial charge in [-0.25, -0.2) is 9.78 Å². The summed E-state index contributed by atoms with van der Waals surface area (Å²) in [5.41, 5.74) is 13.5. The van der Waals surface area contributed by atoms with Crippen molar-refractivity contribution in [2.45, 2.75) is 50.4 Å². The van der Waals surface area contributed by atoms with E-state index in [4.69, 9.17) is 11.5 Å². The largest absolute Gasteiger partial charge is 0.480 e. The quantitative estimate of drug-likeness (QED) is 0.129. The Morgan fingerprint density at radius 2 is 1.68 bits per heavy atom. The maximum atomic E-state index is 12.8. The summed E-state index contributed by atoms with van der Waals surface area (Å²) >= 11 is 0. The number of carboxylic acids is 1. The van der Waals surface area contributed by atoms with E-state index in [1.54, 1.807) is 6.20 Å². The SMILES string of the molecule is CC(NC(=O)C(CC(N)=O)NC(=O)C(N)Cc1c[nH]c2ccccc12)C(=O)NC(Cc1cnc[nH]1)C(=O)O. The third kappa shape index (κ3) is 7.39. The zero-order chi connectivity index (χ0) is 27.8. The molecule has 14 heteroatoms.